The van der Waals surface area contributed by atoms with Gasteiger partial charge in [0.15, 0.2) is 0 Å². The summed E-state index contributed by atoms with van der Waals surface area (Å²) in [4.78, 5) is 0. The highest BCUT2D eigenvalue weighted by Crippen LogP contribution is 2.47. The van der Waals surface area contributed by atoms with Gasteiger partial charge in [-0.05, 0) is 31.2 Å². The van der Waals surface area contributed by atoms with Crippen LogP contribution in [-0.2, 0) is 15.3 Å². The van der Waals surface area contributed by atoms with Gasteiger partial charge in [-0.25, -0.2) is 8.42 Å². The van der Waals surface area contributed by atoms with Crippen molar-refractivity contribution in [2.24, 2.45) is 0 Å². The maximum Gasteiger partial charge on any atom is 0.147 e. The number of aliphatic hydroxyl groups excluding tert-OH is 1. The number of benzene rings is 1. The van der Waals surface area contributed by atoms with Gasteiger partial charge in [0.1, 0.15) is 9.84 Å². The highest BCUT2D eigenvalue weighted by molar-refractivity contribution is 7.90. The van der Waals surface area contributed by atoms with Crippen molar-refractivity contribution < 1.29 is 13.5 Å². The monoisotopic (exact) mass is 282 g/mol. The lowest BCUT2D eigenvalue weighted by Crippen LogP contribution is -2.45. The Labute approximate surface area is 115 Å². The number of hydrogen-bond acceptors (Lipinski definition) is 3. The zero-order valence-electron chi connectivity index (χ0n) is 11.4. The Hall–Kier alpha value is -0.870. The largest absolute Gasteiger partial charge is 0.392 e. The normalized spacial score (nSPS) is 19.7. The molecule has 1 aliphatic carbocycles. The van der Waals surface area contributed by atoms with Crippen LogP contribution in [0.4, 0.5) is 0 Å². The van der Waals surface area contributed by atoms with Gasteiger partial charge >= 0.3 is 0 Å². The third kappa shape index (κ3) is 3.37. The van der Waals surface area contributed by atoms with Crippen LogP contribution in [0.2, 0.25) is 0 Å². The Balaban J connectivity index is 2.02. The second kappa shape index (κ2) is 5.63. The Bertz CT molecular complexity index is 503. The molecule has 3 nitrogen and oxygen atoms in total. The smallest absolute Gasteiger partial charge is 0.147 e. The van der Waals surface area contributed by atoms with Gasteiger partial charge in [-0.15, -0.1) is 0 Å². The van der Waals surface area contributed by atoms with Crippen LogP contribution in [-0.4, -0.2) is 31.6 Å². The molecule has 1 unspecified atom stereocenters. The van der Waals surface area contributed by atoms with Gasteiger partial charge in [0.05, 0.1) is 6.10 Å². The summed E-state index contributed by atoms with van der Waals surface area (Å²) in [6.45, 7) is 0. The zero-order valence-corrected chi connectivity index (χ0v) is 12.2. The quantitative estimate of drug-likeness (QED) is 0.871. The third-order valence-corrected chi connectivity index (χ3v) is 5.26. The van der Waals surface area contributed by atoms with E-state index in [-0.39, 0.29) is 11.2 Å². The average molecular weight is 282 g/mol. The fourth-order valence-electron chi connectivity index (χ4n) is 2.96. The average Bonchev–Trinajstić information content (AvgIpc) is 2.27. The molecule has 0 aromatic heterocycles. The molecule has 19 heavy (non-hydrogen) atoms. The van der Waals surface area contributed by atoms with Crippen molar-refractivity contribution in [2.45, 2.75) is 43.6 Å². The molecule has 0 saturated heterocycles. The molecule has 0 heterocycles. The topological polar surface area (TPSA) is 54.4 Å². The standard InChI is InChI=1S/C15H22O3S/c1-19(17,18)12-5-9-14(16)15(10-6-11-15)13-7-3-2-4-8-13/h2-4,7-8,14,16H,5-6,9-12H2,1H3. The lowest BCUT2D eigenvalue weighted by atomic mass is 9.60. The summed E-state index contributed by atoms with van der Waals surface area (Å²) in [5.74, 6) is 0.162. The molecule has 1 aromatic carbocycles. The fraction of sp³-hybridized carbons (Fsp3) is 0.600. The molecule has 1 saturated carbocycles. The van der Waals surface area contributed by atoms with Crippen molar-refractivity contribution in [3.8, 4) is 0 Å². The molecule has 1 aromatic rings. The van der Waals surface area contributed by atoms with Crippen molar-refractivity contribution in [1.29, 1.82) is 0 Å². The molecule has 1 aliphatic rings. The first-order chi connectivity index (χ1) is 8.94. The van der Waals surface area contributed by atoms with E-state index in [2.05, 4.69) is 12.1 Å². The minimum absolute atomic E-state index is 0.140. The first kappa shape index (κ1) is 14.5. The van der Waals surface area contributed by atoms with E-state index >= 15 is 0 Å². The summed E-state index contributed by atoms with van der Waals surface area (Å²) in [7, 11) is -2.93. The van der Waals surface area contributed by atoms with Gasteiger partial charge in [-0.2, -0.15) is 0 Å². The van der Waals surface area contributed by atoms with Gasteiger partial charge in [0.25, 0.3) is 0 Å². The van der Waals surface area contributed by atoms with Gasteiger partial charge < -0.3 is 5.11 Å². The van der Waals surface area contributed by atoms with E-state index in [0.29, 0.717) is 12.8 Å². The molecule has 0 spiro atoms. The Kier molecular flexibility index (Phi) is 4.31. The van der Waals surface area contributed by atoms with E-state index in [1.807, 2.05) is 18.2 Å². The van der Waals surface area contributed by atoms with Crippen LogP contribution in [0.25, 0.3) is 0 Å². The van der Waals surface area contributed by atoms with Crippen LogP contribution in [0, 0.1) is 0 Å². The maximum atomic E-state index is 11.1. The molecule has 0 aliphatic heterocycles. The van der Waals surface area contributed by atoms with Crippen LogP contribution in [0.1, 0.15) is 37.7 Å². The number of rotatable bonds is 6. The Morgan fingerprint density at radius 3 is 2.37 bits per heavy atom. The van der Waals surface area contributed by atoms with Gasteiger partial charge in [-0.1, -0.05) is 36.8 Å². The van der Waals surface area contributed by atoms with Crippen molar-refractivity contribution in [1.82, 2.24) is 0 Å². The van der Waals surface area contributed by atoms with Gasteiger partial charge in [0.2, 0.25) is 0 Å². The number of aliphatic hydroxyl groups is 1. The highest BCUT2D eigenvalue weighted by atomic mass is 32.2. The molecule has 1 N–H and O–H groups in total. The van der Waals surface area contributed by atoms with Crippen molar-refractivity contribution in [3.63, 3.8) is 0 Å². The highest BCUT2D eigenvalue weighted by Gasteiger charge is 2.44. The maximum absolute atomic E-state index is 11.1. The molecule has 1 fully saturated rings. The van der Waals surface area contributed by atoms with E-state index < -0.39 is 15.9 Å². The molecule has 4 heteroatoms. The number of hydrogen-bond donors (Lipinski definition) is 1. The first-order valence-corrected chi connectivity index (χ1v) is 8.91. The molecule has 0 radical (unpaired) electrons. The molecule has 106 valence electrons. The van der Waals surface area contributed by atoms with Crippen molar-refractivity contribution in [2.75, 3.05) is 12.0 Å². The van der Waals surface area contributed by atoms with E-state index in [1.54, 1.807) is 0 Å². The minimum Gasteiger partial charge on any atom is -0.392 e. The van der Waals surface area contributed by atoms with E-state index in [9.17, 15) is 13.5 Å². The summed E-state index contributed by atoms with van der Waals surface area (Å²) >= 11 is 0. The molecule has 2 rings (SSSR count). The summed E-state index contributed by atoms with van der Waals surface area (Å²) < 4.78 is 22.3. The predicted molar refractivity (Wildman–Crippen MR) is 76.9 cm³/mol. The summed E-state index contributed by atoms with van der Waals surface area (Å²) in [5, 5.41) is 10.5. The van der Waals surface area contributed by atoms with Crippen molar-refractivity contribution >= 4 is 9.84 Å². The predicted octanol–water partition coefficient (Wildman–Crippen LogP) is 2.29. The van der Waals surface area contributed by atoms with E-state index in [1.165, 1.54) is 11.8 Å². The van der Waals surface area contributed by atoms with Gasteiger partial charge in [-0.3, -0.25) is 0 Å². The van der Waals surface area contributed by atoms with E-state index in [0.717, 1.165) is 19.3 Å². The molecule has 0 amide bonds. The van der Waals surface area contributed by atoms with Crippen LogP contribution in [0.5, 0.6) is 0 Å². The SMILES string of the molecule is CS(=O)(=O)CCCC(O)C1(c2ccccc2)CCC1. The van der Waals surface area contributed by atoms with Gasteiger partial charge in [0, 0.05) is 17.4 Å². The summed E-state index contributed by atoms with van der Waals surface area (Å²) in [6, 6.07) is 10.1. The molecule has 1 atom stereocenters. The fourth-order valence-corrected chi connectivity index (χ4v) is 3.65. The Morgan fingerprint density at radius 1 is 1.26 bits per heavy atom. The van der Waals surface area contributed by atoms with E-state index in [4.69, 9.17) is 0 Å². The number of sulfone groups is 1. The second-order valence-electron chi connectivity index (χ2n) is 5.66. The third-order valence-electron chi connectivity index (χ3n) is 4.23. The Morgan fingerprint density at radius 2 is 1.89 bits per heavy atom. The lowest BCUT2D eigenvalue weighted by molar-refractivity contribution is 0.0219. The molecular formula is C15H22O3S. The lowest BCUT2D eigenvalue weighted by Gasteiger charge is -2.46. The zero-order chi connectivity index (χ0) is 13.9. The van der Waals surface area contributed by atoms with Crippen LogP contribution < -0.4 is 0 Å². The minimum atomic E-state index is -2.93. The summed E-state index contributed by atoms with van der Waals surface area (Å²) in [5.41, 5.74) is 1.05. The second-order valence-corrected chi connectivity index (χ2v) is 7.92. The van der Waals surface area contributed by atoms with Crippen LogP contribution in [0.15, 0.2) is 30.3 Å². The van der Waals surface area contributed by atoms with Crippen LogP contribution in [0.3, 0.4) is 0 Å². The molecule has 0 bridgehead atoms. The summed E-state index contributed by atoms with van der Waals surface area (Å²) in [6.07, 6.45) is 5.03. The molecular weight excluding hydrogens is 260 g/mol. The van der Waals surface area contributed by atoms with Crippen LogP contribution >= 0.6 is 0 Å². The van der Waals surface area contributed by atoms with Crippen molar-refractivity contribution in [3.05, 3.63) is 35.9 Å². The first-order valence-electron chi connectivity index (χ1n) is 6.85.